The van der Waals surface area contributed by atoms with E-state index in [1.54, 1.807) is 54.6 Å². The first-order valence-corrected chi connectivity index (χ1v) is 19.4. The fourth-order valence-electron chi connectivity index (χ4n) is 7.09. The number of carbonyl (C=O) groups is 3. The van der Waals surface area contributed by atoms with Crippen molar-refractivity contribution in [2.75, 3.05) is 39.2 Å². The summed E-state index contributed by atoms with van der Waals surface area (Å²) in [6.07, 6.45) is 0.775. The average Bonchev–Trinajstić information content (AvgIpc) is 3.98. The summed E-state index contributed by atoms with van der Waals surface area (Å²) in [5, 5.41) is 16.0. The van der Waals surface area contributed by atoms with Gasteiger partial charge in [-0.2, -0.15) is 4.31 Å². The molecule has 1 unspecified atom stereocenters. The molecule has 3 atom stereocenters. The van der Waals surface area contributed by atoms with Gasteiger partial charge in [0.1, 0.15) is 11.9 Å². The molecule has 1 aromatic heterocycles. The maximum absolute atomic E-state index is 15.8. The third kappa shape index (κ3) is 9.01. The van der Waals surface area contributed by atoms with Crippen molar-refractivity contribution >= 4 is 45.4 Å². The minimum Gasteiger partial charge on any atom is -0.481 e. The van der Waals surface area contributed by atoms with E-state index in [1.165, 1.54) is 52.8 Å². The van der Waals surface area contributed by atoms with Crippen LogP contribution in [0.1, 0.15) is 41.9 Å². The number of ether oxygens (including phenoxy) is 2. The molecule has 2 aliphatic rings. The van der Waals surface area contributed by atoms with E-state index in [-0.39, 0.29) is 48.6 Å². The van der Waals surface area contributed by atoms with E-state index >= 15 is 4.39 Å². The molecule has 2 heterocycles. The average molecular weight is 794 g/mol. The number of amides is 3. The number of carbonyl (C=O) groups excluding carboxylic acids is 2. The van der Waals surface area contributed by atoms with E-state index in [4.69, 9.17) is 21.1 Å². The van der Waals surface area contributed by atoms with Gasteiger partial charge in [-0.15, -0.1) is 0 Å². The Labute approximate surface area is 323 Å². The lowest BCUT2D eigenvalue weighted by molar-refractivity contribution is -0.118. The summed E-state index contributed by atoms with van der Waals surface area (Å²) in [6.45, 7) is 0.184. The molecule has 0 bridgehead atoms. The third-order valence-corrected chi connectivity index (χ3v) is 12.3. The van der Waals surface area contributed by atoms with E-state index < -0.39 is 57.4 Å². The van der Waals surface area contributed by atoms with Gasteiger partial charge in [0.25, 0.3) is 0 Å². The third-order valence-electron chi connectivity index (χ3n) is 10.2. The van der Waals surface area contributed by atoms with Crippen LogP contribution in [0.4, 0.5) is 19.7 Å². The highest BCUT2D eigenvalue weighted by Crippen LogP contribution is 2.49. The molecular weight excluding hydrogens is 753 g/mol. The van der Waals surface area contributed by atoms with Gasteiger partial charge in [0, 0.05) is 65.5 Å². The van der Waals surface area contributed by atoms with Gasteiger partial charge in [0.2, 0.25) is 21.8 Å². The Bertz CT molecular complexity index is 2120. The van der Waals surface area contributed by atoms with Crippen LogP contribution >= 0.6 is 11.6 Å². The molecule has 3 amide bonds. The molecule has 290 valence electrons. The van der Waals surface area contributed by atoms with E-state index in [0.717, 1.165) is 7.11 Å². The largest absolute Gasteiger partial charge is 0.481 e. The molecule has 16 heteroatoms. The quantitative estimate of drug-likeness (QED) is 0.153. The number of carboxylic acid groups (broad SMARTS) is 1. The summed E-state index contributed by atoms with van der Waals surface area (Å²) in [6, 6.07) is 19.9. The van der Waals surface area contributed by atoms with E-state index in [2.05, 4.69) is 15.6 Å². The number of nitrogens with zero attached hydrogens (tertiary/aromatic N) is 3. The molecule has 3 aromatic carbocycles. The Morgan fingerprint density at radius 1 is 0.982 bits per heavy atom. The molecule has 2 fully saturated rings. The van der Waals surface area contributed by atoms with Crippen LogP contribution in [0.25, 0.3) is 0 Å². The number of benzene rings is 3. The summed E-state index contributed by atoms with van der Waals surface area (Å²) in [7, 11) is -1.45. The fourth-order valence-corrected chi connectivity index (χ4v) is 9.00. The lowest BCUT2D eigenvalue weighted by Crippen LogP contribution is -2.48. The summed E-state index contributed by atoms with van der Waals surface area (Å²) in [5.41, 5.74) is 0.782. The first kappa shape index (κ1) is 39.4. The number of rotatable bonds is 12. The van der Waals surface area contributed by atoms with Crippen LogP contribution in [0.5, 0.6) is 5.88 Å². The predicted molar refractivity (Wildman–Crippen MR) is 202 cm³/mol. The van der Waals surface area contributed by atoms with Gasteiger partial charge in [-0.05, 0) is 73.2 Å². The highest BCUT2D eigenvalue weighted by atomic mass is 35.5. The number of anilines is 1. The fraction of sp³-hybridized carbons (Fsp3) is 0.333. The number of aromatic nitrogens is 1. The summed E-state index contributed by atoms with van der Waals surface area (Å²) >= 11 is 6.19. The Morgan fingerprint density at radius 3 is 2.31 bits per heavy atom. The van der Waals surface area contributed by atoms with Crippen molar-refractivity contribution in [1.29, 1.82) is 0 Å². The maximum Gasteiger partial charge on any atom is 0.407 e. The topological polar surface area (TPSA) is 167 Å². The van der Waals surface area contributed by atoms with Gasteiger partial charge in [-0.1, -0.05) is 54.1 Å². The number of nitrogens with one attached hydrogen (secondary N) is 2. The molecule has 13 nitrogen and oxygen atoms in total. The first-order chi connectivity index (χ1) is 26.3. The molecule has 55 heavy (non-hydrogen) atoms. The normalized spacial score (nSPS) is 17.7. The van der Waals surface area contributed by atoms with Crippen molar-refractivity contribution in [3.63, 3.8) is 0 Å². The van der Waals surface area contributed by atoms with Crippen molar-refractivity contribution in [3.8, 4) is 5.88 Å². The van der Waals surface area contributed by atoms with Gasteiger partial charge in [0.05, 0.1) is 19.1 Å². The van der Waals surface area contributed by atoms with Crippen LogP contribution in [0.15, 0.2) is 96.0 Å². The van der Waals surface area contributed by atoms with Crippen LogP contribution in [-0.2, 0) is 26.0 Å². The zero-order valence-electron chi connectivity index (χ0n) is 30.2. The predicted octanol–water partition coefficient (Wildman–Crippen LogP) is 6.14. The Morgan fingerprint density at radius 2 is 1.69 bits per heavy atom. The first-order valence-electron chi connectivity index (χ1n) is 17.6. The van der Waals surface area contributed by atoms with Gasteiger partial charge in [0.15, 0.2) is 0 Å². The monoisotopic (exact) mass is 793 g/mol. The number of pyridine rings is 1. The van der Waals surface area contributed by atoms with Crippen molar-refractivity contribution in [3.05, 3.63) is 119 Å². The van der Waals surface area contributed by atoms with Gasteiger partial charge in [-0.3, -0.25) is 4.79 Å². The molecule has 6 rings (SSSR count). The number of hydrogen-bond acceptors (Lipinski definition) is 8. The molecular formula is C39H41ClFN5O8S. The SMILES string of the molecule is COC(=O)N[C@H](C(=O)Nc1cccc(F)c1CCC1CN(C(=O)O)CC2(CC2)CN1S(=O)(=O)c1ccccc1)[C@@H](c1ccc(Cl)cc1)c1ccc(OC)nc1. The molecule has 1 spiro atoms. The Balaban J connectivity index is 1.33. The molecule has 1 saturated heterocycles. The second kappa shape index (κ2) is 16.6. The lowest BCUT2D eigenvalue weighted by Gasteiger charge is -2.31. The Hall–Kier alpha value is -5.25. The number of hydrogen-bond donors (Lipinski definition) is 3. The van der Waals surface area contributed by atoms with Crippen molar-refractivity contribution in [2.45, 2.75) is 48.6 Å². The standard InChI is InChI=1S/C39H41ClFN5O8S/c1-53-33-18-13-26(21-42-33)34(25-11-14-27(40)15-12-25)35(44-37(48)54-2)36(47)43-32-10-6-9-31(41)30(32)17-16-28-22-45(38(49)50)23-39(19-20-39)24-46(28)55(51,52)29-7-4-3-5-8-29/h3-15,18,21,28,34-35H,16-17,19-20,22-24H2,1-2H3,(H,43,47)(H,44,48)(H,49,50)/t28?,34-,35-/m0/s1. The number of sulfonamides is 1. The van der Waals surface area contributed by atoms with Crippen LogP contribution in [0.3, 0.4) is 0 Å². The molecule has 3 N–H and O–H groups in total. The molecule has 4 aromatic rings. The molecule has 1 saturated carbocycles. The summed E-state index contributed by atoms with van der Waals surface area (Å²) in [4.78, 5) is 45.1. The van der Waals surface area contributed by atoms with Gasteiger partial charge < -0.3 is 30.1 Å². The Kier molecular flexibility index (Phi) is 11.9. The van der Waals surface area contributed by atoms with E-state index in [1.807, 2.05) is 0 Å². The van der Waals surface area contributed by atoms with Crippen LogP contribution in [-0.4, -0.2) is 91.7 Å². The molecule has 1 aliphatic heterocycles. The van der Waals surface area contributed by atoms with Crippen LogP contribution in [0, 0.1) is 11.2 Å². The lowest BCUT2D eigenvalue weighted by atomic mass is 9.85. The van der Waals surface area contributed by atoms with E-state index in [0.29, 0.717) is 34.9 Å². The maximum atomic E-state index is 15.8. The minimum absolute atomic E-state index is 0.0322. The highest BCUT2D eigenvalue weighted by molar-refractivity contribution is 7.89. The molecule has 0 radical (unpaired) electrons. The van der Waals surface area contributed by atoms with Crippen LogP contribution in [0.2, 0.25) is 5.02 Å². The zero-order chi connectivity index (χ0) is 39.3. The summed E-state index contributed by atoms with van der Waals surface area (Å²) < 4.78 is 55.6. The molecule has 1 aliphatic carbocycles. The minimum atomic E-state index is -4.08. The second-order valence-electron chi connectivity index (χ2n) is 13.8. The number of halogens is 2. The van der Waals surface area contributed by atoms with Crippen molar-refractivity contribution < 1.29 is 41.8 Å². The number of methoxy groups -OCH3 is 2. The summed E-state index contributed by atoms with van der Waals surface area (Å²) in [5.74, 6) is -1.90. The van der Waals surface area contributed by atoms with Gasteiger partial charge >= 0.3 is 12.2 Å². The van der Waals surface area contributed by atoms with Crippen molar-refractivity contribution in [1.82, 2.24) is 19.5 Å². The smallest absolute Gasteiger partial charge is 0.407 e. The van der Waals surface area contributed by atoms with Gasteiger partial charge in [-0.25, -0.2) is 27.4 Å². The second-order valence-corrected chi connectivity index (χ2v) is 16.1. The van der Waals surface area contributed by atoms with E-state index in [9.17, 15) is 27.9 Å². The number of alkyl carbamates (subject to hydrolysis) is 1. The zero-order valence-corrected chi connectivity index (χ0v) is 31.7. The highest BCUT2D eigenvalue weighted by Gasteiger charge is 2.52. The van der Waals surface area contributed by atoms with Crippen molar-refractivity contribution in [2.24, 2.45) is 5.41 Å². The van der Waals surface area contributed by atoms with Crippen LogP contribution < -0.4 is 15.4 Å².